The molecule has 144 valence electrons. The highest BCUT2D eigenvalue weighted by molar-refractivity contribution is 7.18. The molecule has 0 aliphatic rings. The smallest absolute Gasteiger partial charge is 0.0427 e. The Labute approximate surface area is 184 Å². The molecule has 31 heavy (non-hydrogen) atoms. The van der Waals surface area contributed by atoms with Crippen LogP contribution in [0.5, 0.6) is 0 Å². The molecule has 1 heteroatoms. The summed E-state index contributed by atoms with van der Waals surface area (Å²) in [5.41, 5.74) is 2.61. The highest BCUT2D eigenvalue weighted by atomic mass is 32.1. The molecular weight excluding hydrogens is 392 g/mol. The van der Waals surface area contributed by atoms with Gasteiger partial charge in [0.25, 0.3) is 0 Å². The van der Waals surface area contributed by atoms with Crippen LogP contribution in [-0.2, 0) is 0 Å². The van der Waals surface area contributed by atoms with Gasteiger partial charge in [0.15, 0.2) is 0 Å². The predicted molar refractivity (Wildman–Crippen MR) is 137 cm³/mol. The Bertz CT molecular complexity index is 1790. The zero-order valence-corrected chi connectivity index (χ0v) is 17.6. The molecule has 0 fully saturated rings. The fourth-order valence-electron chi connectivity index (χ4n) is 5.20. The van der Waals surface area contributed by atoms with Gasteiger partial charge >= 0.3 is 0 Å². The molecular formula is C30H18S. The van der Waals surface area contributed by atoms with Crippen LogP contribution in [0.4, 0.5) is 0 Å². The third-order valence-corrected chi connectivity index (χ3v) is 7.47. The van der Waals surface area contributed by atoms with E-state index in [4.69, 9.17) is 0 Å². The minimum absolute atomic E-state index is 1.29. The van der Waals surface area contributed by atoms with Crippen molar-refractivity contribution in [2.24, 2.45) is 0 Å². The van der Waals surface area contributed by atoms with Crippen LogP contribution < -0.4 is 0 Å². The van der Waals surface area contributed by atoms with Crippen molar-refractivity contribution in [1.29, 1.82) is 0 Å². The third kappa shape index (κ3) is 2.35. The second-order valence-electron chi connectivity index (χ2n) is 8.13. The van der Waals surface area contributed by atoms with Gasteiger partial charge in [-0.2, -0.15) is 0 Å². The van der Waals surface area contributed by atoms with Gasteiger partial charge in [-0.25, -0.2) is 0 Å². The Morgan fingerprint density at radius 2 is 1.03 bits per heavy atom. The average Bonchev–Trinajstić information content (AvgIpc) is 3.34. The Morgan fingerprint density at radius 3 is 1.87 bits per heavy atom. The van der Waals surface area contributed by atoms with Gasteiger partial charge in [-0.05, 0) is 66.3 Å². The van der Waals surface area contributed by atoms with Crippen LogP contribution in [0, 0.1) is 0 Å². The molecule has 0 bridgehead atoms. The number of hydrogen-bond donors (Lipinski definition) is 0. The number of fused-ring (bicyclic) bond motifs is 9. The second kappa shape index (κ2) is 6.41. The zero-order valence-electron chi connectivity index (χ0n) is 16.8. The van der Waals surface area contributed by atoms with E-state index in [1.807, 2.05) is 11.3 Å². The van der Waals surface area contributed by atoms with E-state index in [2.05, 4.69) is 109 Å². The first-order valence-corrected chi connectivity index (χ1v) is 11.5. The number of hydrogen-bond acceptors (Lipinski definition) is 1. The third-order valence-electron chi connectivity index (χ3n) is 6.52. The molecule has 0 amide bonds. The Kier molecular flexibility index (Phi) is 3.52. The van der Waals surface area contributed by atoms with Gasteiger partial charge in [-0.1, -0.05) is 91.0 Å². The van der Waals surface area contributed by atoms with Gasteiger partial charge < -0.3 is 0 Å². The van der Waals surface area contributed by atoms with Crippen molar-refractivity contribution in [3.8, 4) is 11.1 Å². The van der Waals surface area contributed by atoms with Crippen LogP contribution in [0.25, 0.3) is 64.3 Å². The number of rotatable bonds is 1. The molecule has 0 nitrogen and oxygen atoms in total. The maximum atomic E-state index is 2.37. The zero-order chi connectivity index (χ0) is 20.4. The maximum absolute atomic E-state index is 2.37. The average molecular weight is 411 g/mol. The molecule has 6 aromatic carbocycles. The molecule has 0 saturated carbocycles. The van der Waals surface area contributed by atoms with Crippen molar-refractivity contribution in [3.63, 3.8) is 0 Å². The minimum atomic E-state index is 1.29. The summed E-state index contributed by atoms with van der Waals surface area (Å²) < 4.78 is 1.38. The molecule has 0 spiro atoms. The maximum Gasteiger partial charge on any atom is 0.0427 e. The molecule has 1 aromatic heterocycles. The Balaban J connectivity index is 1.74. The van der Waals surface area contributed by atoms with Crippen LogP contribution in [0.2, 0.25) is 0 Å². The van der Waals surface area contributed by atoms with Gasteiger partial charge in [-0.15, -0.1) is 11.3 Å². The van der Waals surface area contributed by atoms with Crippen LogP contribution in [0.3, 0.4) is 0 Å². The molecule has 1 heterocycles. The molecule has 0 radical (unpaired) electrons. The first kappa shape index (κ1) is 17.0. The summed E-state index contributed by atoms with van der Waals surface area (Å²) in [6.07, 6.45) is 0. The Morgan fingerprint density at radius 1 is 0.419 bits per heavy atom. The SMILES string of the molecule is c1ccc2c(c1)cc(-c1cccc3c4ccsc4c4ccccc4c13)c1ccccc12. The summed E-state index contributed by atoms with van der Waals surface area (Å²) in [7, 11) is 0. The summed E-state index contributed by atoms with van der Waals surface area (Å²) in [4.78, 5) is 0. The molecule has 0 aliphatic carbocycles. The van der Waals surface area contributed by atoms with Gasteiger partial charge in [0.05, 0.1) is 0 Å². The molecule has 7 rings (SSSR count). The topological polar surface area (TPSA) is 0 Å². The van der Waals surface area contributed by atoms with Gasteiger partial charge in [0.1, 0.15) is 0 Å². The van der Waals surface area contributed by atoms with Crippen LogP contribution in [-0.4, -0.2) is 0 Å². The highest BCUT2D eigenvalue weighted by Crippen LogP contribution is 2.44. The van der Waals surface area contributed by atoms with Crippen molar-refractivity contribution in [1.82, 2.24) is 0 Å². The summed E-state index contributed by atoms with van der Waals surface area (Å²) in [6, 6.07) is 37.8. The monoisotopic (exact) mass is 410 g/mol. The van der Waals surface area contributed by atoms with Gasteiger partial charge in [0.2, 0.25) is 0 Å². The summed E-state index contributed by atoms with van der Waals surface area (Å²) >= 11 is 1.84. The van der Waals surface area contributed by atoms with E-state index in [9.17, 15) is 0 Å². The van der Waals surface area contributed by atoms with Gasteiger partial charge in [-0.3, -0.25) is 0 Å². The summed E-state index contributed by atoms with van der Waals surface area (Å²) in [5.74, 6) is 0. The predicted octanol–water partition coefficient (Wildman–Crippen LogP) is 9.18. The van der Waals surface area contributed by atoms with E-state index in [-0.39, 0.29) is 0 Å². The van der Waals surface area contributed by atoms with Crippen LogP contribution in [0.1, 0.15) is 0 Å². The van der Waals surface area contributed by atoms with Crippen LogP contribution >= 0.6 is 11.3 Å². The van der Waals surface area contributed by atoms with Crippen molar-refractivity contribution >= 4 is 64.5 Å². The lowest BCUT2D eigenvalue weighted by molar-refractivity contribution is 1.72. The van der Waals surface area contributed by atoms with Crippen molar-refractivity contribution in [3.05, 3.63) is 109 Å². The van der Waals surface area contributed by atoms with Crippen LogP contribution in [0.15, 0.2) is 109 Å². The van der Waals surface area contributed by atoms with E-state index < -0.39 is 0 Å². The lowest BCUT2D eigenvalue weighted by Crippen LogP contribution is -1.88. The fraction of sp³-hybridized carbons (Fsp3) is 0. The molecule has 0 N–H and O–H groups in total. The molecule has 7 aromatic rings. The van der Waals surface area contributed by atoms with E-state index in [0.717, 1.165) is 0 Å². The van der Waals surface area contributed by atoms with E-state index in [0.29, 0.717) is 0 Å². The largest absolute Gasteiger partial charge is 0.143 e. The summed E-state index contributed by atoms with van der Waals surface area (Å²) in [5, 5.41) is 14.2. The van der Waals surface area contributed by atoms with Crippen molar-refractivity contribution < 1.29 is 0 Å². The molecule has 0 aliphatic heterocycles. The quantitative estimate of drug-likeness (QED) is 0.237. The van der Waals surface area contributed by atoms with E-state index in [1.165, 1.54) is 64.3 Å². The lowest BCUT2D eigenvalue weighted by atomic mass is 9.88. The van der Waals surface area contributed by atoms with Crippen molar-refractivity contribution in [2.75, 3.05) is 0 Å². The number of benzene rings is 6. The first-order chi connectivity index (χ1) is 15.4. The minimum Gasteiger partial charge on any atom is -0.143 e. The fourth-order valence-corrected chi connectivity index (χ4v) is 6.15. The molecule has 0 saturated heterocycles. The Hall–Kier alpha value is -3.68. The normalized spacial score (nSPS) is 11.9. The van der Waals surface area contributed by atoms with Gasteiger partial charge in [0, 0.05) is 15.5 Å². The molecule has 0 unspecified atom stereocenters. The number of thiophene rings is 1. The van der Waals surface area contributed by atoms with E-state index in [1.54, 1.807) is 0 Å². The second-order valence-corrected chi connectivity index (χ2v) is 9.04. The van der Waals surface area contributed by atoms with E-state index >= 15 is 0 Å². The summed E-state index contributed by atoms with van der Waals surface area (Å²) in [6.45, 7) is 0. The highest BCUT2D eigenvalue weighted by Gasteiger charge is 2.15. The lowest BCUT2D eigenvalue weighted by Gasteiger charge is -2.15. The first-order valence-electron chi connectivity index (χ1n) is 10.6. The molecule has 0 atom stereocenters. The van der Waals surface area contributed by atoms with Crippen molar-refractivity contribution in [2.45, 2.75) is 0 Å². The standard InChI is InChI=1S/C30H18S/c1-2-9-20-19(8-1)18-28(22-11-4-3-10-21(20)22)25-15-7-14-24-27-16-17-31-30(27)26-13-6-5-12-23(26)29(24)25/h1-18H.